The molecular formula is C41H43F3N6O6. The lowest BCUT2D eigenvalue weighted by molar-refractivity contribution is -0.136. The maximum absolute atomic E-state index is 15.0. The van der Waals surface area contributed by atoms with E-state index in [1.54, 1.807) is 18.5 Å². The van der Waals surface area contributed by atoms with Gasteiger partial charge in [-0.05, 0) is 93.8 Å². The van der Waals surface area contributed by atoms with E-state index >= 15 is 0 Å². The summed E-state index contributed by atoms with van der Waals surface area (Å²) in [5.74, 6) is -3.23. The van der Waals surface area contributed by atoms with Crippen LogP contribution in [0.2, 0.25) is 0 Å². The minimum absolute atomic E-state index is 0.000948. The standard InChI is InChI=1S/C41H43F3N6O6/c42-32-20-29-30(40(54)50(39(29)53)34-3-4-37(51)46-38(34)52)21-36(32)55-16-15-47-11-8-26(9-12-47)56-27-18-25(19-27)48-13-6-23(7-14-48)24-1-2-28-31-22-45-10-5-33(31)49(41(43)44)35(28)17-24/h1-2,5,10,17,20-23,25-27,34,41H,3-4,6-9,11-16,18-19H2,(H,46,51,52)/t25-,27-,34?. The number of pyridine rings is 1. The van der Waals surface area contributed by atoms with Crippen molar-refractivity contribution in [2.75, 3.05) is 39.3 Å². The zero-order valence-corrected chi connectivity index (χ0v) is 30.8. The molecule has 0 spiro atoms. The molecule has 56 heavy (non-hydrogen) atoms. The highest BCUT2D eigenvalue weighted by Crippen LogP contribution is 2.39. The number of imide groups is 2. The van der Waals surface area contributed by atoms with Crippen LogP contribution in [0.1, 0.15) is 90.1 Å². The molecule has 1 atom stereocenters. The molecule has 2 aromatic carbocycles. The highest BCUT2D eigenvalue weighted by Gasteiger charge is 2.45. The predicted octanol–water partition coefficient (Wildman–Crippen LogP) is 5.40. The van der Waals surface area contributed by atoms with Crippen molar-refractivity contribution >= 4 is 45.4 Å². The number of carbonyl (C=O) groups excluding carboxylic acids is 4. The van der Waals surface area contributed by atoms with E-state index in [1.165, 1.54) is 6.07 Å². The summed E-state index contributed by atoms with van der Waals surface area (Å²) in [6, 6.07) is 9.26. The van der Waals surface area contributed by atoms with E-state index in [0.717, 1.165) is 96.6 Å². The first-order valence-corrected chi connectivity index (χ1v) is 19.6. The van der Waals surface area contributed by atoms with Crippen LogP contribution in [-0.4, -0.2) is 112 Å². The van der Waals surface area contributed by atoms with Gasteiger partial charge in [0.05, 0.1) is 34.4 Å². The number of aromatic nitrogens is 2. The van der Waals surface area contributed by atoms with Crippen LogP contribution in [0.15, 0.2) is 48.8 Å². The molecule has 4 aliphatic heterocycles. The Morgan fingerprint density at radius 3 is 2.32 bits per heavy atom. The van der Waals surface area contributed by atoms with E-state index in [2.05, 4.69) is 26.2 Å². The fraction of sp³-hybridized carbons (Fsp3) is 0.488. The van der Waals surface area contributed by atoms with Gasteiger partial charge in [0.1, 0.15) is 12.6 Å². The smallest absolute Gasteiger partial charge is 0.319 e. The third-order valence-corrected chi connectivity index (χ3v) is 12.5. The molecule has 1 aliphatic carbocycles. The minimum Gasteiger partial charge on any atom is -0.489 e. The second-order valence-electron chi connectivity index (χ2n) is 15.7. The highest BCUT2D eigenvalue weighted by atomic mass is 19.3. The number of hydrogen-bond donors (Lipinski definition) is 1. The number of rotatable bonds is 10. The lowest BCUT2D eigenvalue weighted by Crippen LogP contribution is -2.54. The number of hydrogen-bond acceptors (Lipinski definition) is 9. The molecule has 1 unspecified atom stereocenters. The van der Waals surface area contributed by atoms with Gasteiger partial charge in [-0.15, -0.1) is 0 Å². The second-order valence-corrected chi connectivity index (χ2v) is 15.7. The molecule has 1 N–H and O–H groups in total. The molecule has 15 heteroatoms. The molecule has 4 amide bonds. The number of nitrogens with one attached hydrogen (secondary N) is 1. The Hall–Kier alpha value is -4.86. The van der Waals surface area contributed by atoms with Crippen LogP contribution in [-0.2, 0) is 14.3 Å². The second kappa shape index (κ2) is 14.9. The summed E-state index contributed by atoms with van der Waals surface area (Å²) in [7, 11) is 0. The molecule has 2 aromatic heterocycles. The summed E-state index contributed by atoms with van der Waals surface area (Å²) in [5, 5.41) is 3.70. The van der Waals surface area contributed by atoms with Crippen LogP contribution in [0.4, 0.5) is 13.2 Å². The molecule has 0 radical (unpaired) electrons. The highest BCUT2D eigenvalue weighted by molar-refractivity contribution is 6.23. The third kappa shape index (κ3) is 6.72. The number of nitrogens with zero attached hydrogens (tertiary/aromatic N) is 5. The van der Waals surface area contributed by atoms with Gasteiger partial charge in [-0.2, -0.15) is 8.78 Å². The van der Waals surface area contributed by atoms with Gasteiger partial charge in [-0.1, -0.05) is 12.1 Å². The molecule has 294 valence electrons. The van der Waals surface area contributed by atoms with Crippen LogP contribution >= 0.6 is 0 Å². The van der Waals surface area contributed by atoms with Gasteiger partial charge in [0.15, 0.2) is 11.6 Å². The van der Waals surface area contributed by atoms with Gasteiger partial charge in [0.25, 0.3) is 11.8 Å². The maximum atomic E-state index is 15.0. The molecule has 4 fully saturated rings. The van der Waals surface area contributed by atoms with E-state index in [0.29, 0.717) is 29.5 Å². The van der Waals surface area contributed by atoms with E-state index in [4.69, 9.17) is 9.47 Å². The van der Waals surface area contributed by atoms with Crippen molar-refractivity contribution in [3.63, 3.8) is 0 Å². The van der Waals surface area contributed by atoms with Crippen molar-refractivity contribution in [3.05, 3.63) is 71.3 Å². The Morgan fingerprint density at radius 1 is 0.839 bits per heavy atom. The summed E-state index contributed by atoms with van der Waals surface area (Å²) in [6.07, 6.45) is 9.45. The van der Waals surface area contributed by atoms with E-state index < -0.39 is 42.0 Å². The molecule has 3 saturated heterocycles. The summed E-state index contributed by atoms with van der Waals surface area (Å²) >= 11 is 0. The molecular weight excluding hydrogens is 729 g/mol. The van der Waals surface area contributed by atoms with Crippen LogP contribution in [0, 0.1) is 5.82 Å². The zero-order chi connectivity index (χ0) is 38.7. The van der Waals surface area contributed by atoms with Crippen molar-refractivity contribution in [2.45, 2.75) is 88.1 Å². The third-order valence-electron chi connectivity index (χ3n) is 12.5. The van der Waals surface area contributed by atoms with Crippen molar-refractivity contribution in [2.24, 2.45) is 0 Å². The molecule has 6 heterocycles. The van der Waals surface area contributed by atoms with Gasteiger partial charge in [-0.25, -0.2) is 4.39 Å². The molecule has 1 saturated carbocycles. The van der Waals surface area contributed by atoms with Gasteiger partial charge in [0.2, 0.25) is 11.8 Å². The van der Waals surface area contributed by atoms with Crippen molar-refractivity contribution < 1.29 is 41.8 Å². The lowest BCUT2D eigenvalue weighted by atomic mass is 9.83. The van der Waals surface area contributed by atoms with Crippen LogP contribution in [0.3, 0.4) is 0 Å². The average molecular weight is 773 g/mol. The van der Waals surface area contributed by atoms with E-state index in [9.17, 15) is 32.3 Å². The number of alkyl halides is 2. The van der Waals surface area contributed by atoms with Crippen molar-refractivity contribution in [1.82, 2.24) is 29.6 Å². The number of ether oxygens (including phenoxy) is 2. The Balaban J connectivity index is 0.701. The SMILES string of the molecule is O=C1CCC(N2C(=O)c3cc(F)c(OCCN4CCC(O[C@H]5C[C@H](N6CCC(c7ccc8c9cnccc9n(C(F)F)c8c7)CC6)C5)CC4)cc3C2=O)C(=O)N1. The largest absolute Gasteiger partial charge is 0.489 e. The number of piperidine rings is 3. The quantitative estimate of drug-likeness (QED) is 0.211. The number of likely N-dealkylation sites (tertiary alicyclic amines) is 2. The summed E-state index contributed by atoms with van der Waals surface area (Å²) in [4.78, 5) is 59.7. The topological polar surface area (TPSA) is 126 Å². The van der Waals surface area contributed by atoms with Gasteiger partial charge >= 0.3 is 6.55 Å². The molecule has 0 bridgehead atoms. The number of fused-ring (bicyclic) bond motifs is 4. The minimum atomic E-state index is -2.63. The zero-order valence-electron chi connectivity index (χ0n) is 30.8. The number of halogens is 3. The summed E-state index contributed by atoms with van der Waals surface area (Å²) in [6.45, 7) is 1.71. The van der Waals surface area contributed by atoms with Crippen LogP contribution < -0.4 is 10.1 Å². The van der Waals surface area contributed by atoms with Gasteiger partial charge < -0.3 is 14.4 Å². The van der Waals surface area contributed by atoms with Crippen molar-refractivity contribution in [3.8, 4) is 5.75 Å². The maximum Gasteiger partial charge on any atom is 0.319 e. The lowest BCUT2D eigenvalue weighted by Gasteiger charge is -2.47. The predicted molar refractivity (Wildman–Crippen MR) is 198 cm³/mol. The Labute approximate surface area is 320 Å². The fourth-order valence-electron chi connectivity index (χ4n) is 9.33. The summed E-state index contributed by atoms with van der Waals surface area (Å²) in [5.41, 5.74) is 2.03. The van der Waals surface area contributed by atoms with Crippen molar-refractivity contribution in [1.29, 1.82) is 0 Å². The summed E-state index contributed by atoms with van der Waals surface area (Å²) < 4.78 is 56.6. The van der Waals surface area contributed by atoms with Crippen LogP contribution in [0.5, 0.6) is 5.75 Å². The molecule has 12 nitrogen and oxygen atoms in total. The monoisotopic (exact) mass is 772 g/mol. The Kier molecular flexibility index (Phi) is 9.78. The number of carbonyl (C=O) groups is 4. The Morgan fingerprint density at radius 2 is 1.59 bits per heavy atom. The Bertz CT molecular complexity index is 2210. The number of amides is 4. The molecule has 5 aliphatic rings. The number of benzene rings is 2. The van der Waals surface area contributed by atoms with E-state index in [1.807, 2.05) is 12.1 Å². The normalized spacial score (nSPS) is 24.4. The van der Waals surface area contributed by atoms with Crippen LogP contribution in [0.25, 0.3) is 21.8 Å². The first kappa shape index (κ1) is 36.8. The van der Waals surface area contributed by atoms with Gasteiger partial charge in [0, 0.05) is 55.3 Å². The van der Waals surface area contributed by atoms with Gasteiger partial charge in [-0.3, -0.25) is 43.8 Å². The first-order valence-electron chi connectivity index (χ1n) is 19.6. The molecule has 9 rings (SSSR count). The first-order chi connectivity index (χ1) is 27.1. The fourth-order valence-corrected chi connectivity index (χ4v) is 9.33. The molecule has 4 aromatic rings. The van der Waals surface area contributed by atoms with E-state index in [-0.39, 0.29) is 48.5 Å². The average Bonchev–Trinajstić information content (AvgIpc) is 3.63.